The van der Waals surface area contributed by atoms with Crippen molar-refractivity contribution in [3.05, 3.63) is 34.6 Å². The fraction of sp³-hybridized carbons (Fsp3) is 0.333. The highest BCUT2D eigenvalue weighted by atomic mass is 35.5. The Hall–Kier alpha value is -1.60. The maximum Gasteiger partial charge on any atom is 0.227 e. The summed E-state index contributed by atoms with van der Waals surface area (Å²) in [5.41, 5.74) is 0.610. The Morgan fingerprint density at radius 1 is 1.59 bits per heavy atom. The molecule has 0 radical (unpaired) electrons. The fourth-order valence-electron chi connectivity index (χ4n) is 1.70. The van der Waals surface area contributed by atoms with Gasteiger partial charge in [-0.15, -0.1) is 0 Å². The minimum absolute atomic E-state index is 0.0531. The number of hydrogen-bond acceptors (Lipinski definition) is 2. The van der Waals surface area contributed by atoms with Crippen molar-refractivity contribution < 1.29 is 9.18 Å². The summed E-state index contributed by atoms with van der Waals surface area (Å²) in [6, 6.07) is 6.08. The molecule has 0 N–H and O–H groups in total. The first-order valence-electron chi connectivity index (χ1n) is 5.21. The monoisotopic (exact) mass is 252 g/mol. The molecule has 1 aromatic rings. The highest BCUT2D eigenvalue weighted by Crippen LogP contribution is 2.21. The zero-order valence-corrected chi connectivity index (χ0v) is 9.75. The lowest BCUT2D eigenvalue weighted by Gasteiger charge is -2.35. The first-order valence-corrected chi connectivity index (χ1v) is 5.59. The summed E-state index contributed by atoms with van der Waals surface area (Å²) < 4.78 is 12.8. The molecule has 88 valence electrons. The van der Waals surface area contributed by atoms with E-state index in [1.165, 1.54) is 18.2 Å². The number of likely N-dealkylation sites (tertiary alicyclic amines) is 1. The van der Waals surface area contributed by atoms with Crippen molar-refractivity contribution in [1.29, 1.82) is 5.26 Å². The number of benzene rings is 1. The Balaban J connectivity index is 1.98. The van der Waals surface area contributed by atoms with Gasteiger partial charge in [0.25, 0.3) is 0 Å². The Morgan fingerprint density at radius 2 is 2.29 bits per heavy atom. The standard InChI is InChI=1S/C12H10ClFN2O/c13-11-4-10(14)2-1-9(11)3-12(17)16-6-8(5-15)7-16/h1-2,4,8H,3,6-7H2. The number of carbonyl (C=O) groups excluding carboxylic acids is 1. The maximum atomic E-state index is 12.8. The van der Waals surface area contributed by atoms with Gasteiger partial charge in [0, 0.05) is 18.1 Å². The molecular weight excluding hydrogens is 243 g/mol. The normalized spacial score (nSPS) is 15.2. The van der Waals surface area contributed by atoms with Crippen LogP contribution in [0.5, 0.6) is 0 Å². The Labute approximate surface area is 103 Å². The van der Waals surface area contributed by atoms with Crippen molar-refractivity contribution in [2.75, 3.05) is 13.1 Å². The van der Waals surface area contributed by atoms with Gasteiger partial charge >= 0.3 is 0 Å². The summed E-state index contributed by atoms with van der Waals surface area (Å²) >= 11 is 5.83. The summed E-state index contributed by atoms with van der Waals surface area (Å²) in [5, 5.41) is 8.86. The number of amides is 1. The van der Waals surface area contributed by atoms with Crippen molar-refractivity contribution in [1.82, 2.24) is 4.90 Å². The largest absolute Gasteiger partial charge is 0.340 e. The van der Waals surface area contributed by atoms with Crippen LogP contribution in [-0.4, -0.2) is 23.9 Å². The molecule has 0 spiro atoms. The van der Waals surface area contributed by atoms with Gasteiger partial charge in [0.15, 0.2) is 0 Å². The molecule has 1 aromatic carbocycles. The predicted molar refractivity (Wildman–Crippen MR) is 60.8 cm³/mol. The van der Waals surface area contributed by atoms with Crippen LogP contribution in [0.2, 0.25) is 5.02 Å². The van der Waals surface area contributed by atoms with Crippen LogP contribution in [0.1, 0.15) is 5.56 Å². The molecule has 0 bridgehead atoms. The number of nitrogens with zero attached hydrogens (tertiary/aromatic N) is 2. The zero-order chi connectivity index (χ0) is 12.4. The van der Waals surface area contributed by atoms with Crippen LogP contribution in [0.15, 0.2) is 18.2 Å². The molecule has 1 saturated heterocycles. The lowest BCUT2D eigenvalue weighted by Crippen LogP contribution is -2.49. The third-order valence-electron chi connectivity index (χ3n) is 2.77. The minimum atomic E-state index is -0.417. The summed E-state index contributed by atoms with van der Waals surface area (Å²) in [7, 11) is 0. The van der Waals surface area contributed by atoms with E-state index < -0.39 is 5.82 Å². The molecule has 1 heterocycles. The van der Waals surface area contributed by atoms with Gasteiger partial charge in [-0.25, -0.2) is 4.39 Å². The summed E-state index contributed by atoms with van der Waals surface area (Å²) in [4.78, 5) is 13.4. The van der Waals surface area contributed by atoms with Gasteiger partial charge in [0.2, 0.25) is 5.91 Å². The molecule has 0 aromatic heterocycles. The Morgan fingerprint density at radius 3 is 2.88 bits per heavy atom. The molecule has 3 nitrogen and oxygen atoms in total. The predicted octanol–water partition coefficient (Wildman–Crippen LogP) is 2.00. The third-order valence-corrected chi connectivity index (χ3v) is 3.13. The van der Waals surface area contributed by atoms with Gasteiger partial charge in [-0.3, -0.25) is 4.79 Å². The van der Waals surface area contributed by atoms with Crippen LogP contribution in [-0.2, 0) is 11.2 Å². The topological polar surface area (TPSA) is 44.1 Å². The van der Waals surface area contributed by atoms with Crippen molar-refractivity contribution in [2.45, 2.75) is 6.42 Å². The van der Waals surface area contributed by atoms with Crippen LogP contribution >= 0.6 is 11.6 Å². The first-order chi connectivity index (χ1) is 8.10. The van der Waals surface area contributed by atoms with Gasteiger partial charge in [0.05, 0.1) is 18.4 Å². The molecule has 2 rings (SSSR count). The average Bonchev–Trinajstić information content (AvgIpc) is 2.21. The van der Waals surface area contributed by atoms with E-state index in [-0.39, 0.29) is 23.3 Å². The van der Waals surface area contributed by atoms with Crippen LogP contribution in [0.4, 0.5) is 4.39 Å². The fourth-order valence-corrected chi connectivity index (χ4v) is 1.94. The molecule has 17 heavy (non-hydrogen) atoms. The van der Waals surface area contributed by atoms with Crippen molar-refractivity contribution >= 4 is 17.5 Å². The number of nitriles is 1. The van der Waals surface area contributed by atoms with Gasteiger partial charge < -0.3 is 4.90 Å². The quantitative estimate of drug-likeness (QED) is 0.808. The van der Waals surface area contributed by atoms with E-state index in [0.29, 0.717) is 18.7 Å². The summed E-state index contributed by atoms with van der Waals surface area (Å²) in [6.45, 7) is 0.961. The zero-order valence-electron chi connectivity index (χ0n) is 8.99. The average molecular weight is 253 g/mol. The Kier molecular flexibility index (Phi) is 3.30. The van der Waals surface area contributed by atoms with E-state index in [1.54, 1.807) is 4.90 Å². The second kappa shape index (κ2) is 4.72. The number of rotatable bonds is 2. The number of carbonyl (C=O) groups is 1. The minimum Gasteiger partial charge on any atom is -0.340 e. The molecule has 0 unspecified atom stereocenters. The molecule has 1 aliphatic rings. The molecule has 1 aliphatic heterocycles. The lowest BCUT2D eigenvalue weighted by molar-refractivity contribution is -0.135. The molecule has 1 amide bonds. The smallest absolute Gasteiger partial charge is 0.227 e. The highest BCUT2D eigenvalue weighted by Gasteiger charge is 2.30. The van der Waals surface area contributed by atoms with Gasteiger partial charge in [-0.05, 0) is 17.7 Å². The first kappa shape index (κ1) is 11.9. The molecule has 0 aliphatic carbocycles. The van der Waals surface area contributed by atoms with E-state index in [9.17, 15) is 9.18 Å². The van der Waals surface area contributed by atoms with Crippen molar-refractivity contribution in [3.63, 3.8) is 0 Å². The van der Waals surface area contributed by atoms with Gasteiger partial charge in [-0.2, -0.15) is 5.26 Å². The summed E-state index contributed by atoms with van der Waals surface area (Å²) in [5.74, 6) is -0.549. The summed E-state index contributed by atoms with van der Waals surface area (Å²) in [6.07, 6.45) is 0.150. The molecule has 0 saturated carbocycles. The van der Waals surface area contributed by atoms with Crippen molar-refractivity contribution in [2.24, 2.45) is 5.92 Å². The van der Waals surface area contributed by atoms with E-state index >= 15 is 0 Å². The maximum absolute atomic E-state index is 12.8. The number of halogens is 2. The number of hydrogen-bond donors (Lipinski definition) is 0. The SMILES string of the molecule is N#CC1CN(C(=O)Cc2ccc(F)cc2Cl)C1. The molecular formula is C12H10ClFN2O. The molecule has 0 atom stereocenters. The van der Waals surface area contributed by atoms with E-state index in [2.05, 4.69) is 6.07 Å². The van der Waals surface area contributed by atoms with Crippen LogP contribution in [0.3, 0.4) is 0 Å². The van der Waals surface area contributed by atoms with Crippen LogP contribution in [0.25, 0.3) is 0 Å². The molecule has 5 heteroatoms. The van der Waals surface area contributed by atoms with Crippen molar-refractivity contribution in [3.8, 4) is 6.07 Å². The second-order valence-electron chi connectivity index (χ2n) is 4.04. The third kappa shape index (κ3) is 2.56. The lowest BCUT2D eigenvalue weighted by atomic mass is 10.0. The molecule has 1 fully saturated rings. The van der Waals surface area contributed by atoms with E-state index in [4.69, 9.17) is 16.9 Å². The Bertz CT molecular complexity index is 492. The highest BCUT2D eigenvalue weighted by molar-refractivity contribution is 6.31. The second-order valence-corrected chi connectivity index (χ2v) is 4.44. The van der Waals surface area contributed by atoms with Crippen LogP contribution in [0, 0.1) is 23.1 Å². The van der Waals surface area contributed by atoms with E-state index in [0.717, 1.165) is 0 Å². The van der Waals surface area contributed by atoms with E-state index in [1.807, 2.05) is 0 Å². The van der Waals surface area contributed by atoms with Gasteiger partial charge in [0.1, 0.15) is 5.82 Å². The van der Waals surface area contributed by atoms with Gasteiger partial charge in [-0.1, -0.05) is 17.7 Å². The van der Waals surface area contributed by atoms with Crippen LogP contribution < -0.4 is 0 Å².